The van der Waals surface area contributed by atoms with Crippen LogP contribution >= 0.6 is 11.8 Å². The molecule has 0 aliphatic rings. The second-order valence-corrected chi connectivity index (χ2v) is 7.76. The molecule has 0 saturated heterocycles. The Balaban J connectivity index is 1.52. The standard InChI is InChI=1S/C23H23N5OS/c1-2-3-14-29-18-11-9-17(10-12-18)28-22-20(24)23(27-15-26-22)30-19-8-4-6-16-7-5-13-25-21(16)19/h4-13,15H,2-3,14,24H2,1H3,(H,26,27,28). The van der Waals surface area contributed by atoms with Gasteiger partial charge in [-0.05, 0) is 42.8 Å². The molecule has 0 saturated carbocycles. The van der Waals surface area contributed by atoms with Gasteiger partial charge in [0.2, 0.25) is 0 Å². The lowest BCUT2D eigenvalue weighted by molar-refractivity contribution is 0.309. The molecular formula is C23H23N5OS. The summed E-state index contributed by atoms with van der Waals surface area (Å²) in [7, 11) is 0. The van der Waals surface area contributed by atoms with Gasteiger partial charge in [0.15, 0.2) is 5.82 Å². The SMILES string of the molecule is CCCCOc1ccc(Nc2ncnc(Sc3cccc4cccnc34)c2N)cc1. The van der Waals surface area contributed by atoms with Gasteiger partial charge in [-0.1, -0.05) is 43.3 Å². The molecule has 152 valence electrons. The zero-order chi connectivity index (χ0) is 20.8. The van der Waals surface area contributed by atoms with E-state index in [1.807, 2.05) is 54.6 Å². The second-order valence-electron chi connectivity index (χ2n) is 6.73. The molecule has 2 heterocycles. The molecule has 7 heteroatoms. The number of nitrogens with two attached hydrogens (primary N) is 1. The van der Waals surface area contributed by atoms with Gasteiger partial charge >= 0.3 is 0 Å². The molecule has 0 atom stereocenters. The number of nitrogen functional groups attached to an aromatic ring is 1. The highest BCUT2D eigenvalue weighted by molar-refractivity contribution is 7.99. The van der Waals surface area contributed by atoms with E-state index in [4.69, 9.17) is 10.5 Å². The summed E-state index contributed by atoms with van der Waals surface area (Å²) in [6, 6.07) is 17.8. The van der Waals surface area contributed by atoms with Gasteiger partial charge in [0, 0.05) is 22.2 Å². The van der Waals surface area contributed by atoms with E-state index in [-0.39, 0.29) is 0 Å². The van der Waals surface area contributed by atoms with Gasteiger partial charge in [-0.25, -0.2) is 9.97 Å². The van der Waals surface area contributed by atoms with Crippen molar-refractivity contribution in [2.75, 3.05) is 17.7 Å². The molecule has 0 amide bonds. The lowest BCUT2D eigenvalue weighted by Crippen LogP contribution is -2.02. The zero-order valence-corrected chi connectivity index (χ0v) is 17.5. The minimum Gasteiger partial charge on any atom is -0.494 e. The lowest BCUT2D eigenvalue weighted by atomic mass is 10.2. The van der Waals surface area contributed by atoms with E-state index in [0.29, 0.717) is 16.5 Å². The van der Waals surface area contributed by atoms with Crippen molar-refractivity contribution < 1.29 is 4.74 Å². The summed E-state index contributed by atoms with van der Waals surface area (Å²) >= 11 is 1.48. The first-order valence-electron chi connectivity index (χ1n) is 9.86. The number of anilines is 3. The minimum absolute atomic E-state index is 0.499. The molecule has 0 radical (unpaired) electrons. The van der Waals surface area contributed by atoms with Crippen molar-refractivity contribution in [1.82, 2.24) is 15.0 Å². The molecule has 0 aliphatic carbocycles. The number of nitrogens with one attached hydrogen (secondary N) is 1. The van der Waals surface area contributed by atoms with Crippen molar-refractivity contribution in [2.24, 2.45) is 0 Å². The third kappa shape index (κ3) is 4.63. The van der Waals surface area contributed by atoms with Crippen LogP contribution in [0.4, 0.5) is 17.2 Å². The number of ether oxygens (including phenoxy) is 1. The van der Waals surface area contributed by atoms with Crippen LogP contribution in [-0.4, -0.2) is 21.6 Å². The van der Waals surface area contributed by atoms with Crippen molar-refractivity contribution in [2.45, 2.75) is 29.7 Å². The van der Waals surface area contributed by atoms with Crippen molar-refractivity contribution in [3.8, 4) is 5.75 Å². The number of nitrogens with zero attached hydrogens (tertiary/aromatic N) is 3. The highest BCUT2D eigenvalue weighted by Crippen LogP contribution is 2.36. The average Bonchev–Trinajstić information content (AvgIpc) is 2.78. The summed E-state index contributed by atoms with van der Waals surface area (Å²) in [5.74, 6) is 1.42. The molecule has 0 spiro atoms. The number of hydrogen-bond acceptors (Lipinski definition) is 7. The van der Waals surface area contributed by atoms with Crippen molar-refractivity contribution in [1.29, 1.82) is 0 Å². The van der Waals surface area contributed by atoms with E-state index >= 15 is 0 Å². The van der Waals surface area contributed by atoms with Gasteiger partial charge in [-0.3, -0.25) is 4.98 Å². The van der Waals surface area contributed by atoms with Crippen LogP contribution in [0.25, 0.3) is 10.9 Å². The Morgan fingerprint density at radius 1 is 1.00 bits per heavy atom. The van der Waals surface area contributed by atoms with Crippen LogP contribution in [0.3, 0.4) is 0 Å². The fourth-order valence-corrected chi connectivity index (χ4v) is 3.86. The van der Waals surface area contributed by atoms with E-state index in [1.54, 1.807) is 6.20 Å². The summed E-state index contributed by atoms with van der Waals surface area (Å²) in [5.41, 5.74) is 8.69. The predicted octanol–water partition coefficient (Wildman–Crippen LogP) is 5.68. The van der Waals surface area contributed by atoms with E-state index in [0.717, 1.165) is 46.7 Å². The van der Waals surface area contributed by atoms with Gasteiger partial charge in [0.05, 0.1) is 12.1 Å². The smallest absolute Gasteiger partial charge is 0.158 e. The van der Waals surface area contributed by atoms with E-state index < -0.39 is 0 Å². The van der Waals surface area contributed by atoms with Gasteiger partial charge in [-0.2, -0.15) is 0 Å². The molecule has 30 heavy (non-hydrogen) atoms. The Morgan fingerprint density at radius 2 is 1.83 bits per heavy atom. The number of pyridine rings is 1. The summed E-state index contributed by atoms with van der Waals surface area (Å²) in [6.45, 7) is 2.87. The van der Waals surface area contributed by atoms with E-state index in [2.05, 4.69) is 27.2 Å². The number of fused-ring (bicyclic) bond motifs is 1. The number of aromatic nitrogens is 3. The topological polar surface area (TPSA) is 86.0 Å². The average molecular weight is 418 g/mol. The number of hydrogen-bond donors (Lipinski definition) is 2. The molecule has 0 unspecified atom stereocenters. The molecule has 6 nitrogen and oxygen atoms in total. The third-order valence-corrected chi connectivity index (χ3v) is 5.60. The first kappa shape index (κ1) is 20.0. The van der Waals surface area contributed by atoms with Crippen LogP contribution in [-0.2, 0) is 0 Å². The Bertz CT molecular complexity index is 1130. The molecule has 2 aromatic carbocycles. The maximum Gasteiger partial charge on any atom is 0.158 e. The molecule has 0 fully saturated rings. The molecule has 0 bridgehead atoms. The zero-order valence-electron chi connectivity index (χ0n) is 16.7. The summed E-state index contributed by atoms with van der Waals surface area (Å²) < 4.78 is 5.71. The second kappa shape index (κ2) is 9.45. The molecule has 4 aromatic rings. The molecule has 2 aromatic heterocycles. The lowest BCUT2D eigenvalue weighted by Gasteiger charge is -2.12. The normalized spacial score (nSPS) is 10.8. The van der Waals surface area contributed by atoms with E-state index in [1.165, 1.54) is 18.1 Å². The number of benzene rings is 2. The predicted molar refractivity (Wildman–Crippen MR) is 122 cm³/mol. The Labute approximate surface area is 179 Å². The van der Waals surface area contributed by atoms with Crippen LogP contribution in [0.2, 0.25) is 0 Å². The largest absolute Gasteiger partial charge is 0.494 e. The highest BCUT2D eigenvalue weighted by atomic mass is 32.2. The van der Waals surface area contributed by atoms with Crippen molar-refractivity contribution in [3.63, 3.8) is 0 Å². The fraction of sp³-hybridized carbons (Fsp3) is 0.174. The van der Waals surface area contributed by atoms with Crippen LogP contribution in [0.1, 0.15) is 19.8 Å². The van der Waals surface area contributed by atoms with Crippen LogP contribution in [0.5, 0.6) is 5.75 Å². The van der Waals surface area contributed by atoms with Crippen LogP contribution in [0, 0.1) is 0 Å². The van der Waals surface area contributed by atoms with Gasteiger partial charge in [0.25, 0.3) is 0 Å². The first-order valence-corrected chi connectivity index (χ1v) is 10.7. The summed E-state index contributed by atoms with van der Waals surface area (Å²) in [4.78, 5) is 14.2. The quantitative estimate of drug-likeness (QED) is 0.282. The molecule has 0 aliphatic heterocycles. The highest BCUT2D eigenvalue weighted by Gasteiger charge is 2.12. The van der Waals surface area contributed by atoms with E-state index in [9.17, 15) is 0 Å². The Morgan fingerprint density at radius 3 is 2.67 bits per heavy atom. The van der Waals surface area contributed by atoms with Gasteiger partial charge < -0.3 is 15.8 Å². The van der Waals surface area contributed by atoms with Crippen molar-refractivity contribution >= 4 is 39.9 Å². The molecule has 4 rings (SSSR count). The first-order chi connectivity index (χ1) is 14.7. The molecule has 3 N–H and O–H groups in total. The number of para-hydroxylation sites is 1. The van der Waals surface area contributed by atoms with Crippen molar-refractivity contribution in [3.05, 3.63) is 67.1 Å². The molecular weight excluding hydrogens is 394 g/mol. The summed E-state index contributed by atoms with van der Waals surface area (Å²) in [5, 5.41) is 5.03. The van der Waals surface area contributed by atoms with Gasteiger partial charge in [-0.15, -0.1) is 0 Å². The monoisotopic (exact) mass is 417 g/mol. The maximum atomic E-state index is 6.38. The van der Waals surface area contributed by atoms with Gasteiger partial charge in [0.1, 0.15) is 22.8 Å². The minimum atomic E-state index is 0.499. The number of rotatable bonds is 8. The van der Waals surface area contributed by atoms with Crippen LogP contribution < -0.4 is 15.8 Å². The third-order valence-electron chi connectivity index (χ3n) is 4.53. The maximum absolute atomic E-state index is 6.38. The number of unbranched alkanes of at least 4 members (excludes halogenated alkanes) is 1. The Hall–Kier alpha value is -3.32. The Kier molecular flexibility index (Phi) is 6.29. The van der Waals surface area contributed by atoms with Crippen LogP contribution in [0.15, 0.2) is 77.0 Å². The fourth-order valence-electron chi connectivity index (χ4n) is 2.93. The summed E-state index contributed by atoms with van der Waals surface area (Å²) in [6.07, 6.45) is 5.46.